The van der Waals surface area contributed by atoms with Crippen LogP contribution in [0.25, 0.3) is 11.1 Å². The molecule has 0 radical (unpaired) electrons. The van der Waals surface area contributed by atoms with Crippen LogP contribution in [-0.4, -0.2) is 20.8 Å². The summed E-state index contributed by atoms with van der Waals surface area (Å²) in [4.78, 5) is 4.41. The smallest absolute Gasteiger partial charge is 0.295 e. The largest absolute Gasteiger partial charge is 0.424 e. The van der Waals surface area contributed by atoms with Gasteiger partial charge in [-0.25, -0.2) is 0 Å². The predicted octanol–water partition coefficient (Wildman–Crippen LogP) is 3.09. The molecule has 0 spiro atoms. The molecule has 2 unspecified atom stereocenters. The van der Waals surface area contributed by atoms with Crippen molar-refractivity contribution in [3.8, 4) is 0 Å². The predicted molar refractivity (Wildman–Crippen MR) is 74.0 cm³/mol. The third kappa shape index (κ3) is 2.31. The van der Waals surface area contributed by atoms with E-state index in [-0.39, 0.29) is 12.1 Å². The van der Waals surface area contributed by atoms with E-state index in [0.29, 0.717) is 6.01 Å². The minimum atomic E-state index is 0.160. The Labute approximate surface area is 111 Å². The number of nitrogens with zero attached hydrogens (tertiary/aromatic N) is 3. The van der Waals surface area contributed by atoms with Crippen LogP contribution in [0.4, 0.5) is 6.01 Å². The van der Waals surface area contributed by atoms with E-state index in [1.165, 1.54) is 0 Å². The second kappa shape index (κ2) is 4.76. The second-order valence-electron chi connectivity index (χ2n) is 4.65. The average molecular weight is 256 g/mol. The quantitative estimate of drug-likeness (QED) is 0.779. The molecule has 3 rings (SSSR count). The van der Waals surface area contributed by atoms with Crippen molar-refractivity contribution >= 4 is 17.1 Å². The van der Waals surface area contributed by atoms with E-state index in [9.17, 15) is 0 Å². The van der Waals surface area contributed by atoms with Gasteiger partial charge in [0.05, 0.1) is 6.04 Å². The molecule has 2 heterocycles. The molecule has 0 aliphatic heterocycles. The van der Waals surface area contributed by atoms with E-state index in [1.54, 1.807) is 6.20 Å². The second-order valence-corrected chi connectivity index (χ2v) is 4.65. The van der Waals surface area contributed by atoms with Gasteiger partial charge in [0, 0.05) is 18.4 Å². The molecule has 5 heteroatoms. The SMILES string of the molecule is CC(Nc1nc2ccccc2o1)C(C)n1cccn1. The van der Waals surface area contributed by atoms with Gasteiger partial charge in [0.25, 0.3) is 6.01 Å². The van der Waals surface area contributed by atoms with Gasteiger partial charge >= 0.3 is 0 Å². The maximum atomic E-state index is 5.65. The van der Waals surface area contributed by atoms with Crippen molar-refractivity contribution in [1.82, 2.24) is 14.8 Å². The lowest BCUT2D eigenvalue weighted by Gasteiger charge is -2.20. The summed E-state index contributed by atoms with van der Waals surface area (Å²) in [6.07, 6.45) is 3.73. The summed E-state index contributed by atoms with van der Waals surface area (Å²) in [5.74, 6) is 0. The number of nitrogens with one attached hydrogen (secondary N) is 1. The van der Waals surface area contributed by atoms with Crippen molar-refractivity contribution < 1.29 is 4.42 Å². The van der Waals surface area contributed by atoms with E-state index in [2.05, 4.69) is 29.2 Å². The maximum absolute atomic E-state index is 5.65. The van der Waals surface area contributed by atoms with Crippen LogP contribution in [-0.2, 0) is 0 Å². The Morgan fingerprint density at radius 2 is 2.05 bits per heavy atom. The zero-order valence-electron chi connectivity index (χ0n) is 10.9. The molecule has 98 valence electrons. The molecule has 19 heavy (non-hydrogen) atoms. The van der Waals surface area contributed by atoms with Gasteiger partial charge in [0.2, 0.25) is 0 Å². The van der Waals surface area contributed by atoms with Crippen LogP contribution in [0.3, 0.4) is 0 Å². The molecule has 5 nitrogen and oxygen atoms in total. The monoisotopic (exact) mass is 256 g/mol. The van der Waals surface area contributed by atoms with Gasteiger partial charge in [-0.1, -0.05) is 12.1 Å². The summed E-state index contributed by atoms with van der Waals surface area (Å²) in [6.45, 7) is 4.19. The summed E-state index contributed by atoms with van der Waals surface area (Å²) in [5, 5.41) is 7.53. The van der Waals surface area contributed by atoms with Crippen LogP contribution in [0.5, 0.6) is 0 Å². The number of para-hydroxylation sites is 2. The summed E-state index contributed by atoms with van der Waals surface area (Å²) in [5.41, 5.74) is 1.66. The fourth-order valence-corrected chi connectivity index (χ4v) is 2.00. The zero-order chi connectivity index (χ0) is 13.2. The molecule has 0 fully saturated rings. The van der Waals surface area contributed by atoms with Crippen LogP contribution >= 0.6 is 0 Å². The Balaban J connectivity index is 1.77. The number of fused-ring (bicyclic) bond motifs is 1. The first-order valence-electron chi connectivity index (χ1n) is 6.35. The number of benzene rings is 1. The van der Waals surface area contributed by atoms with Gasteiger partial charge in [-0.3, -0.25) is 4.68 Å². The molecule has 0 saturated carbocycles. The van der Waals surface area contributed by atoms with Crippen molar-refractivity contribution in [3.63, 3.8) is 0 Å². The molecule has 1 aromatic carbocycles. The van der Waals surface area contributed by atoms with Crippen LogP contribution in [0.1, 0.15) is 19.9 Å². The summed E-state index contributed by atoms with van der Waals surface area (Å²) >= 11 is 0. The minimum Gasteiger partial charge on any atom is -0.424 e. The number of aromatic nitrogens is 3. The molecule has 0 amide bonds. The average Bonchev–Trinajstić information content (AvgIpc) is 3.06. The van der Waals surface area contributed by atoms with Crippen molar-refractivity contribution in [2.75, 3.05) is 5.32 Å². The van der Waals surface area contributed by atoms with Crippen LogP contribution in [0.15, 0.2) is 47.1 Å². The molecule has 0 saturated heterocycles. The Morgan fingerprint density at radius 3 is 2.79 bits per heavy atom. The lowest BCUT2D eigenvalue weighted by Crippen LogP contribution is -2.27. The Morgan fingerprint density at radius 1 is 1.21 bits per heavy atom. The molecular weight excluding hydrogens is 240 g/mol. The molecule has 0 bridgehead atoms. The topological polar surface area (TPSA) is 55.9 Å². The minimum absolute atomic E-state index is 0.160. The standard InChI is InChI=1S/C14H16N4O/c1-10(11(2)18-9-5-8-15-18)16-14-17-12-6-3-4-7-13(12)19-14/h3-11H,1-2H3,(H,16,17). The first kappa shape index (κ1) is 11.8. The van der Waals surface area contributed by atoms with E-state index >= 15 is 0 Å². The molecule has 1 N–H and O–H groups in total. The summed E-state index contributed by atoms with van der Waals surface area (Å²) < 4.78 is 7.57. The molecule has 2 atom stereocenters. The van der Waals surface area contributed by atoms with Gasteiger partial charge < -0.3 is 9.73 Å². The third-order valence-electron chi connectivity index (χ3n) is 3.31. The van der Waals surface area contributed by atoms with E-state index in [0.717, 1.165) is 11.1 Å². The number of anilines is 1. The summed E-state index contributed by atoms with van der Waals surface area (Å²) in [7, 11) is 0. The fraction of sp³-hybridized carbons (Fsp3) is 0.286. The van der Waals surface area contributed by atoms with E-state index in [1.807, 2.05) is 41.2 Å². The van der Waals surface area contributed by atoms with Crippen LogP contribution < -0.4 is 5.32 Å². The van der Waals surface area contributed by atoms with E-state index in [4.69, 9.17) is 4.42 Å². The van der Waals surface area contributed by atoms with Crippen molar-refractivity contribution in [2.45, 2.75) is 25.9 Å². The molecule has 0 aliphatic carbocycles. The lowest BCUT2D eigenvalue weighted by atomic mass is 10.2. The number of oxazole rings is 1. The first-order valence-corrected chi connectivity index (χ1v) is 6.35. The first-order chi connectivity index (χ1) is 9.24. The Hall–Kier alpha value is -2.30. The van der Waals surface area contributed by atoms with Crippen molar-refractivity contribution in [3.05, 3.63) is 42.7 Å². The van der Waals surface area contributed by atoms with Gasteiger partial charge in [0.1, 0.15) is 5.52 Å². The van der Waals surface area contributed by atoms with Crippen molar-refractivity contribution in [2.24, 2.45) is 0 Å². The number of hydrogen-bond donors (Lipinski definition) is 1. The van der Waals surface area contributed by atoms with Gasteiger partial charge in [0.15, 0.2) is 5.58 Å². The third-order valence-corrected chi connectivity index (χ3v) is 3.31. The lowest BCUT2D eigenvalue weighted by molar-refractivity contribution is 0.435. The Kier molecular flexibility index (Phi) is 2.95. The normalized spacial score (nSPS) is 14.4. The number of hydrogen-bond acceptors (Lipinski definition) is 4. The molecule has 3 aromatic rings. The highest BCUT2D eigenvalue weighted by molar-refractivity contribution is 5.74. The van der Waals surface area contributed by atoms with Crippen LogP contribution in [0.2, 0.25) is 0 Å². The van der Waals surface area contributed by atoms with E-state index < -0.39 is 0 Å². The molecule has 2 aromatic heterocycles. The molecule has 0 aliphatic rings. The Bertz CT molecular complexity index is 626. The highest BCUT2D eigenvalue weighted by Gasteiger charge is 2.16. The highest BCUT2D eigenvalue weighted by Crippen LogP contribution is 2.20. The van der Waals surface area contributed by atoms with Gasteiger partial charge in [-0.05, 0) is 32.0 Å². The molecular formula is C14H16N4O. The summed E-state index contributed by atoms with van der Waals surface area (Å²) in [6, 6.07) is 10.6. The number of rotatable bonds is 4. The van der Waals surface area contributed by atoms with Gasteiger partial charge in [-0.2, -0.15) is 10.1 Å². The fourth-order valence-electron chi connectivity index (χ4n) is 2.00. The maximum Gasteiger partial charge on any atom is 0.295 e. The van der Waals surface area contributed by atoms with Crippen LogP contribution in [0, 0.1) is 0 Å². The van der Waals surface area contributed by atoms with Crippen molar-refractivity contribution in [1.29, 1.82) is 0 Å². The highest BCUT2D eigenvalue weighted by atomic mass is 16.4. The zero-order valence-corrected chi connectivity index (χ0v) is 10.9. The van der Waals surface area contributed by atoms with Gasteiger partial charge in [-0.15, -0.1) is 0 Å².